The van der Waals surface area contributed by atoms with Gasteiger partial charge in [0.2, 0.25) is 5.91 Å². The smallest absolute Gasteiger partial charge is 0.235 e. The summed E-state index contributed by atoms with van der Waals surface area (Å²) in [4.78, 5) is 10.5. The number of hydrogen-bond donors (Lipinski definition) is 1. The zero-order chi connectivity index (χ0) is 6.15. The standard InChI is InChI=1S/C5H10N2O/c1-4-3-5(8)6-7(4)2/h4H,3H2,1-2H3,(H,6,8)/t4-/m0/s1. The van der Waals surface area contributed by atoms with Crippen molar-refractivity contribution >= 4 is 5.91 Å². The lowest BCUT2D eigenvalue weighted by Crippen LogP contribution is -2.32. The number of nitrogens with zero attached hydrogens (tertiary/aromatic N) is 1. The summed E-state index contributed by atoms with van der Waals surface area (Å²) in [5, 5.41) is 1.82. The average molecular weight is 114 g/mol. The molecule has 0 saturated carbocycles. The third-order valence-electron chi connectivity index (χ3n) is 1.44. The maximum atomic E-state index is 10.5. The number of hydrogen-bond acceptors (Lipinski definition) is 2. The molecule has 0 bridgehead atoms. The molecule has 3 heteroatoms. The molecule has 1 aliphatic rings. The van der Waals surface area contributed by atoms with Gasteiger partial charge >= 0.3 is 0 Å². The lowest BCUT2D eigenvalue weighted by atomic mass is 10.3. The van der Waals surface area contributed by atoms with Crippen LogP contribution in [-0.4, -0.2) is 24.0 Å². The van der Waals surface area contributed by atoms with Gasteiger partial charge in [-0.05, 0) is 6.92 Å². The Balaban J connectivity index is 2.51. The highest BCUT2D eigenvalue weighted by Crippen LogP contribution is 2.04. The number of amides is 1. The second-order valence-corrected chi connectivity index (χ2v) is 2.20. The van der Waals surface area contributed by atoms with Gasteiger partial charge in [0.15, 0.2) is 0 Å². The normalized spacial score (nSPS) is 30.8. The predicted octanol–water partition coefficient (Wildman–Crippen LogP) is -0.258. The van der Waals surface area contributed by atoms with Crippen molar-refractivity contribution in [3.63, 3.8) is 0 Å². The Morgan fingerprint density at radius 1 is 1.88 bits per heavy atom. The van der Waals surface area contributed by atoms with Crippen molar-refractivity contribution < 1.29 is 4.79 Å². The summed E-state index contributed by atoms with van der Waals surface area (Å²) < 4.78 is 0. The highest BCUT2D eigenvalue weighted by Gasteiger charge is 2.21. The van der Waals surface area contributed by atoms with E-state index in [1.807, 2.05) is 19.0 Å². The van der Waals surface area contributed by atoms with Gasteiger partial charge in [0.05, 0.1) is 0 Å². The van der Waals surface area contributed by atoms with Gasteiger partial charge in [0.25, 0.3) is 0 Å². The van der Waals surface area contributed by atoms with Gasteiger partial charge in [-0.1, -0.05) is 0 Å². The van der Waals surface area contributed by atoms with Crippen LogP contribution < -0.4 is 5.43 Å². The van der Waals surface area contributed by atoms with E-state index in [4.69, 9.17) is 0 Å². The van der Waals surface area contributed by atoms with Crippen LogP contribution in [0.3, 0.4) is 0 Å². The fourth-order valence-electron chi connectivity index (χ4n) is 0.758. The van der Waals surface area contributed by atoms with Crippen LogP contribution >= 0.6 is 0 Å². The van der Waals surface area contributed by atoms with Crippen LogP contribution in [0.25, 0.3) is 0 Å². The molecule has 0 radical (unpaired) electrons. The minimum atomic E-state index is 0.125. The van der Waals surface area contributed by atoms with E-state index in [1.54, 1.807) is 0 Å². The van der Waals surface area contributed by atoms with Gasteiger partial charge in [0.1, 0.15) is 0 Å². The molecule has 1 rings (SSSR count). The molecule has 0 aromatic carbocycles. The highest BCUT2D eigenvalue weighted by atomic mass is 16.2. The Labute approximate surface area is 48.6 Å². The van der Waals surface area contributed by atoms with Crippen LogP contribution in [0.4, 0.5) is 0 Å². The van der Waals surface area contributed by atoms with Crippen LogP contribution in [0.2, 0.25) is 0 Å². The average Bonchev–Trinajstić information content (AvgIpc) is 1.85. The molecule has 0 aromatic heterocycles. The highest BCUT2D eigenvalue weighted by molar-refractivity contribution is 5.77. The van der Waals surface area contributed by atoms with Gasteiger partial charge in [-0.25, -0.2) is 5.01 Å². The van der Waals surface area contributed by atoms with Gasteiger partial charge in [-0.15, -0.1) is 0 Å². The first-order chi connectivity index (χ1) is 3.70. The summed E-state index contributed by atoms with van der Waals surface area (Å²) in [6.07, 6.45) is 0.635. The number of rotatable bonds is 0. The maximum Gasteiger partial charge on any atom is 0.235 e. The van der Waals surface area contributed by atoms with Crippen molar-refractivity contribution in [1.29, 1.82) is 0 Å². The summed E-state index contributed by atoms with van der Waals surface area (Å²) in [5.41, 5.74) is 2.66. The molecule has 1 fully saturated rings. The molecule has 1 amide bonds. The van der Waals surface area contributed by atoms with E-state index in [0.29, 0.717) is 12.5 Å². The molecule has 1 atom stereocenters. The Morgan fingerprint density at radius 3 is 2.62 bits per heavy atom. The van der Waals surface area contributed by atoms with Gasteiger partial charge < -0.3 is 0 Å². The molecule has 8 heavy (non-hydrogen) atoms. The Hall–Kier alpha value is -0.570. The van der Waals surface area contributed by atoms with E-state index in [1.165, 1.54) is 0 Å². The summed E-state index contributed by atoms with van der Waals surface area (Å²) in [5.74, 6) is 0.125. The molecule has 1 N–H and O–H groups in total. The number of carbonyl (C=O) groups is 1. The van der Waals surface area contributed by atoms with Gasteiger partial charge in [-0.2, -0.15) is 0 Å². The van der Waals surface area contributed by atoms with Crippen LogP contribution in [0.15, 0.2) is 0 Å². The summed E-state index contributed by atoms with van der Waals surface area (Å²) >= 11 is 0. The minimum Gasteiger partial charge on any atom is -0.289 e. The quantitative estimate of drug-likeness (QED) is 0.470. The van der Waals surface area contributed by atoms with Crippen LogP contribution in [0.5, 0.6) is 0 Å². The van der Waals surface area contributed by atoms with Gasteiger partial charge in [0, 0.05) is 19.5 Å². The second-order valence-electron chi connectivity index (χ2n) is 2.20. The van der Waals surface area contributed by atoms with Crippen molar-refractivity contribution in [2.45, 2.75) is 19.4 Å². The zero-order valence-electron chi connectivity index (χ0n) is 5.14. The Bertz CT molecular complexity index is 101. The summed E-state index contributed by atoms with van der Waals surface area (Å²) in [6, 6.07) is 0.363. The second kappa shape index (κ2) is 1.74. The first-order valence-corrected chi connectivity index (χ1v) is 2.72. The first kappa shape index (κ1) is 5.56. The zero-order valence-corrected chi connectivity index (χ0v) is 5.14. The van der Waals surface area contributed by atoms with Gasteiger partial charge in [-0.3, -0.25) is 10.2 Å². The molecule has 0 spiro atoms. The fourth-order valence-corrected chi connectivity index (χ4v) is 0.758. The van der Waals surface area contributed by atoms with E-state index < -0.39 is 0 Å². The van der Waals surface area contributed by atoms with E-state index >= 15 is 0 Å². The molecular weight excluding hydrogens is 104 g/mol. The molecule has 46 valence electrons. The van der Waals surface area contributed by atoms with Crippen molar-refractivity contribution in [3.05, 3.63) is 0 Å². The van der Waals surface area contributed by atoms with Crippen LogP contribution in [-0.2, 0) is 4.79 Å². The fraction of sp³-hybridized carbons (Fsp3) is 0.800. The Morgan fingerprint density at radius 2 is 2.50 bits per heavy atom. The van der Waals surface area contributed by atoms with Crippen molar-refractivity contribution in [1.82, 2.24) is 10.4 Å². The van der Waals surface area contributed by atoms with Crippen LogP contribution in [0.1, 0.15) is 13.3 Å². The predicted molar refractivity (Wildman–Crippen MR) is 30.0 cm³/mol. The van der Waals surface area contributed by atoms with E-state index in [0.717, 1.165) is 0 Å². The van der Waals surface area contributed by atoms with Crippen LogP contribution in [0, 0.1) is 0 Å². The Kier molecular flexibility index (Phi) is 1.21. The number of nitrogens with one attached hydrogen (secondary N) is 1. The molecule has 1 saturated heterocycles. The molecule has 0 aliphatic carbocycles. The monoisotopic (exact) mass is 114 g/mol. The van der Waals surface area contributed by atoms with E-state index in [9.17, 15) is 4.79 Å². The molecule has 0 unspecified atom stereocenters. The SMILES string of the molecule is C[C@H]1CC(=O)NN1C. The molecule has 1 aliphatic heterocycles. The topological polar surface area (TPSA) is 32.3 Å². The molecule has 0 aromatic rings. The lowest BCUT2D eigenvalue weighted by molar-refractivity contribution is -0.120. The number of hydrazine groups is 1. The summed E-state index contributed by atoms with van der Waals surface area (Å²) in [7, 11) is 1.87. The lowest BCUT2D eigenvalue weighted by Gasteiger charge is -2.11. The number of carbonyl (C=O) groups excluding carboxylic acids is 1. The maximum absolute atomic E-state index is 10.5. The summed E-state index contributed by atoms with van der Waals surface area (Å²) in [6.45, 7) is 2.01. The minimum absolute atomic E-state index is 0.125. The van der Waals surface area contributed by atoms with Crippen molar-refractivity contribution in [2.75, 3.05) is 7.05 Å². The third-order valence-corrected chi connectivity index (χ3v) is 1.44. The first-order valence-electron chi connectivity index (χ1n) is 2.72. The van der Waals surface area contributed by atoms with E-state index in [2.05, 4.69) is 5.43 Å². The molecule has 3 nitrogen and oxygen atoms in total. The molecular formula is C5H10N2O. The molecule has 1 heterocycles. The third kappa shape index (κ3) is 0.816. The van der Waals surface area contributed by atoms with Crippen molar-refractivity contribution in [2.24, 2.45) is 0 Å². The van der Waals surface area contributed by atoms with Crippen molar-refractivity contribution in [3.8, 4) is 0 Å². The largest absolute Gasteiger partial charge is 0.289 e. The van der Waals surface area contributed by atoms with E-state index in [-0.39, 0.29) is 5.91 Å².